The Balaban J connectivity index is 1.52. The molecule has 0 saturated carbocycles. The Labute approximate surface area is 152 Å². The largest absolute Gasteiger partial charge is 0.323 e. The van der Waals surface area contributed by atoms with Gasteiger partial charge in [-0.15, -0.1) is 0 Å². The molecule has 0 aliphatic rings. The second-order valence-electron chi connectivity index (χ2n) is 5.37. The molecule has 4 rings (SSSR count). The summed E-state index contributed by atoms with van der Waals surface area (Å²) < 4.78 is 8.41. The standard InChI is InChI=1S/C17H13N5OS2/c1-10-18-12-6-3-2-5-11(12)17(19-10)24-9-15(23)20-13-7-4-8-14-16(13)22-25-21-14/h2-8H,9H2,1H3,(H,20,23). The summed E-state index contributed by atoms with van der Waals surface area (Å²) in [5.74, 6) is 0.847. The maximum absolute atomic E-state index is 12.4. The fourth-order valence-corrected chi connectivity index (χ4v) is 3.91. The lowest BCUT2D eigenvalue weighted by atomic mass is 10.2. The van der Waals surface area contributed by atoms with E-state index < -0.39 is 0 Å². The van der Waals surface area contributed by atoms with E-state index in [1.807, 2.05) is 49.4 Å². The summed E-state index contributed by atoms with van der Waals surface area (Å²) in [6, 6.07) is 13.4. The predicted molar refractivity (Wildman–Crippen MR) is 101 cm³/mol. The molecule has 1 N–H and O–H groups in total. The number of rotatable bonds is 4. The number of amides is 1. The van der Waals surface area contributed by atoms with Gasteiger partial charge in [-0.1, -0.05) is 36.0 Å². The van der Waals surface area contributed by atoms with Gasteiger partial charge >= 0.3 is 0 Å². The summed E-state index contributed by atoms with van der Waals surface area (Å²) in [6.45, 7) is 1.85. The van der Waals surface area contributed by atoms with Gasteiger partial charge in [-0.05, 0) is 25.1 Å². The minimum Gasteiger partial charge on any atom is -0.323 e. The number of hydrogen-bond acceptors (Lipinski definition) is 7. The fourth-order valence-electron chi connectivity index (χ4n) is 2.50. The molecule has 0 unspecified atom stereocenters. The number of anilines is 1. The van der Waals surface area contributed by atoms with Crippen LogP contribution in [0.1, 0.15) is 5.82 Å². The van der Waals surface area contributed by atoms with Gasteiger partial charge < -0.3 is 5.32 Å². The summed E-state index contributed by atoms with van der Waals surface area (Å²) in [7, 11) is 0. The molecular weight excluding hydrogens is 354 g/mol. The van der Waals surface area contributed by atoms with Gasteiger partial charge in [0.1, 0.15) is 21.9 Å². The Bertz CT molecular complexity index is 1080. The molecule has 0 fully saturated rings. The average molecular weight is 367 g/mol. The number of aryl methyl sites for hydroxylation is 1. The quantitative estimate of drug-likeness (QED) is 0.438. The van der Waals surface area contributed by atoms with Crippen molar-refractivity contribution in [3.8, 4) is 0 Å². The molecule has 1 amide bonds. The van der Waals surface area contributed by atoms with E-state index in [0.717, 1.165) is 33.2 Å². The van der Waals surface area contributed by atoms with Crippen LogP contribution in [-0.2, 0) is 4.79 Å². The Morgan fingerprint density at radius 1 is 1.08 bits per heavy atom. The maximum atomic E-state index is 12.4. The molecule has 0 spiro atoms. The van der Waals surface area contributed by atoms with Crippen LogP contribution in [0.4, 0.5) is 5.69 Å². The monoisotopic (exact) mass is 367 g/mol. The van der Waals surface area contributed by atoms with Crippen molar-refractivity contribution < 1.29 is 4.79 Å². The molecule has 25 heavy (non-hydrogen) atoms. The zero-order valence-electron chi connectivity index (χ0n) is 13.3. The first kappa shape index (κ1) is 15.9. The molecule has 2 heterocycles. The summed E-state index contributed by atoms with van der Waals surface area (Å²) in [4.78, 5) is 21.2. The van der Waals surface area contributed by atoms with Crippen molar-refractivity contribution in [2.45, 2.75) is 11.9 Å². The second kappa shape index (κ2) is 6.73. The Kier molecular flexibility index (Phi) is 4.29. The molecule has 124 valence electrons. The molecule has 0 bridgehead atoms. The number of fused-ring (bicyclic) bond motifs is 2. The van der Waals surface area contributed by atoms with Crippen LogP contribution in [0, 0.1) is 6.92 Å². The van der Waals surface area contributed by atoms with Crippen LogP contribution in [0.2, 0.25) is 0 Å². The van der Waals surface area contributed by atoms with Gasteiger partial charge in [-0.3, -0.25) is 4.79 Å². The van der Waals surface area contributed by atoms with Gasteiger partial charge in [0, 0.05) is 5.39 Å². The van der Waals surface area contributed by atoms with Crippen LogP contribution >= 0.6 is 23.5 Å². The van der Waals surface area contributed by atoms with Crippen molar-refractivity contribution >= 4 is 57.0 Å². The smallest absolute Gasteiger partial charge is 0.234 e. The van der Waals surface area contributed by atoms with Gasteiger partial charge in [-0.25, -0.2) is 9.97 Å². The number of carbonyl (C=O) groups excluding carboxylic acids is 1. The number of thioether (sulfide) groups is 1. The van der Waals surface area contributed by atoms with Crippen LogP contribution < -0.4 is 5.32 Å². The molecule has 0 aliphatic carbocycles. The van der Waals surface area contributed by atoms with Crippen LogP contribution in [0.25, 0.3) is 21.9 Å². The summed E-state index contributed by atoms with van der Waals surface area (Å²) in [5, 5.41) is 4.67. The third-order valence-corrected chi connectivity index (χ3v) is 5.11. The summed E-state index contributed by atoms with van der Waals surface area (Å²) in [6.07, 6.45) is 0. The SMILES string of the molecule is Cc1nc(SCC(=O)Nc2cccc3nsnc23)c2ccccc2n1. The van der Waals surface area contributed by atoms with E-state index in [9.17, 15) is 4.79 Å². The van der Waals surface area contributed by atoms with Crippen molar-refractivity contribution in [1.82, 2.24) is 18.7 Å². The molecule has 2 aromatic heterocycles. The lowest BCUT2D eigenvalue weighted by Crippen LogP contribution is -2.14. The van der Waals surface area contributed by atoms with Crippen LogP contribution in [0.15, 0.2) is 47.5 Å². The minimum atomic E-state index is -0.106. The average Bonchev–Trinajstić information content (AvgIpc) is 3.09. The molecule has 2 aromatic carbocycles. The van der Waals surface area contributed by atoms with Crippen LogP contribution in [-0.4, -0.2) is 30.4 Å². The number of nitrogens with zero attached hydrogens (tertiary/aromatic N) is 4. The lowest BCUT2D eigenvalue weighted by Gasteiger charge is -2.07. The van der Waals surface area contributed by atoms with Gasteiger partial charge in [0.25, 0.3) is 0 Å². The number of hydrogen-bond donors (Lipinski definition) is 1. The first-order valence-electron chi connectivity index (χ1n) is 7.58. The highest BCUT2D eigenvalue weighted by Crippen LogP contribution is 2.26. The van der Waals surface area contributed by atoms with E-state index in [1.165, 1.54) is 11.8 Å². The number of benzene rings is 2. The molecule has 0 atom stereocenters. The molecule has 6 nitrogen and oxygen atoms in total. The number of carbonyl (C=O) groups is 1. The number of aromatic nitrogens is 4. The zero-order chi connectivity index (χ0) is 17.2. The van der Waals surface area contributed by atoms with E-state index in [-0.39, 0.29) is 11.7 Å². The van der Waals surface area contributed by atoms with Crippen LogP contribution in [0.5, 0.6) is 0 Å². The topological polar surface area (TPSA) is 80.7 Å². The van der Waals surface area contributed by atoms with E-state index in [0.29, 0.717) is 17.0 Å². The maximum Gasteiger partial charge on any atom is 0.234 e. The molecule has 0 saturated heterocycles. The molecule has 4 aromatic rings. The summed E-state index contributed by atoms with van der Waals surface area (Å²) >= 11 is 2.54. The van der Waals surface area contributed by atoms with Crippen molar-refractivity contribution in [1.29, 1.82) is 0 Å². The first-order chi connectivity index (χ1) is 12.2. The predicted octanol–water partition coefficient (Wildman–Crippen LogP) is 3.67. The fraction of sp³-hybridized carbons (Fsp3) is 0.118. The minimum absolute atomic E-state index is 0.106. The lowest BCUT2D eigenvalue weighted by molar-refractivity contribution is -0.113. The normalized spacial score (nSPS) is 11.1. The number of nitrogens with one attached hydrogen (secondary N) is 1. The third kappa shape index (κ3) is 3.31. The zero-order valence-corrected chi connectivity index (χ0v) is 14.9. The van der Waals surface area contributed by atoms with Gasteiger partial charge in [-0.2, -0.15) is 8.75 Å². The molecular formula is C17H13N5OS2. The van der Waals surface area contributed by atoms with E-state index in [2.05, 4.69) is 24.0 Å². The van der Waals surface area contributed by atoms with Crippen LogP contribution in [0.3, 0.4) is 0 Å². The Hall–Kier alpha value is -2.58. The van der Waals surface area contributed by atoms with E-state index >= 15 is 0 Å². The van der Waals surface area contributed by atoms with Crippen molar-refractivity contribution in [2.75, 3.05) is 11.1 Å². The van der Waals surface area contributed by atoms with Crippen molar-refractivity contribution in [2.24, 2.45) is 0 Å². The Morgan fingerprint density at radius 2 is 1.92 bits per heavy atom. The van der Waals surface area contributed by atoms with Crippen molar-refractivity contribution in [3.05, 3.63) is 48.3 Å². The van der Waals surface area contributed by atoms with Gasteiger partial charge in [0.05, 0.1) is 28.7 Å². The highest BCUT2D eigenvalue weighted by atomic mass is 32.2. The highest BCUT2D eigenvalue weighted by molar-refractivity contribution is 8.00. The Morgan fingerprint density at radius 3 is 2.84 bits per heavy atom. The molecule has 0 radical (unpaired) electrons. The molecule has 8 heteroatoms. The number of para-hydroxylation sites is 1. The first-order valence-corrected chi connectivity index (χ1v) is 9.29. The van der Waals surface area contributed by atoms with E-state index in [1.54, 1.807) is 0 Å². The highest BCUT2D eigenvalue weighted by Gasteiger charge is 2.11. The van der Waals surface area contributed by atoms with Gasteiger partial charge in [0.2, 0.25) is 5.91 Å². The third-order valence-electron chi connectivity index (χ3n) is 3.58. The van der Waals surface area contributed by atoms with E-state index in [4.69, 9.17) is 0 Å². The second-order valence-corrected chi connectivity index (χ2v) is 6.86. The summed E-state index contributed by atoms with van der Waals surface area (Å²) in [5.41, 5.74) is 3.07. The van der Waals surface area contributed by atoms with Crippen molar-refractivity contribution in [3.63, 3.8) is 0 Å². The van der Waals surface area contributed by atoms with Gasteiger partial charge in [0.15, 0.2) is 0 Å². The molecule has 0 aliphatic heterocycles.